The normalized spacial score (nSPS) is 10.2. The van der Waals surface area contributed by atoms with E-state index in [0.29, 0.717) is 11.5 Å². The van der Waals surface area contributed by atoms with E-state index in [9.17, 15) is 4.79 Å². The van der Waals surface area contributed by atoms with E-state index in [2.05, 4.69) is 4.98 Å². The number of methoxy groups -OCH3 is 1. The van der Waals surface area contributed by atoms with E-state index in [1.54, 1.807) is 36.3 Å². The molecule has 0 aliphatic heterocycles. The highest BCUT2D eigenvalue weighted by Gasteiger charge is 2.11. The molecule has 0 radical (unpaired) electrons. The summed E-state index contributed by atoms with van der Waals surface area (Å²) in [7, 11) is 1.47. The molecule has 4 nitrogen and oxygen atoms in total. The average molecular weight is 275 g/mol. The summed E-state index contributed by atoms with van der Waals surface area (Å²) >= 11 is 1.63. The third-order valence-corrected chi connectivity index (χ3v) is 3.63. The Morgan fingerprint density at radius 2 is 2.05 bits per heavy atom. The number of aromatic carboxylic acids is 1. The standard InChI is InChI=1S/C14H13NO3S/c1-18-13-3-2-10(8-12(13)14(16)17)9-19-11-4-6-15-7-5-11/h2-8H,9H2,1H3,(H,16,17). The van der Waals surface area contributed by atoms with E-state index in [1.165, 1.54) is 7.11 Å². The summed E-state index contributed by atoms with van der Waals surface area (Å²) in [6, 6.07) is 9.05. The van der Waals surface area contributed by atoms with Gasteiger partial charge < -0.3 is 9.84 Å². The molecule has 19 heavy (non-hydrogen) atoms. The van der Waals surface area contributed by atoms with Crippen LogP contribution in [0.25, 0.3) is 0 Å². The van der Waals surface area contributed by atoms with Crippen molar-refractivity contribution < 1.29 is 14.6 Å². The number of carboxylic acids is 1. The molecule has 1 N–H and O–H groups in total. The van der Waals surface area contributed by atoms with Gasteiger partial charge in [-0.15, -0.1) is 11.8 Å². The summed E-state index contributed by atoms with van der Waals surface area (Å²) in [5.41, 5.74) is 1.13. The first-order valence-corrected chi connectivity index (χ1v) is 6.62. The third kappa shape index (κ3) is 3.48. The van der Waals surface area contributed by atoms with E-state index in [-0.39, 0.29) is 5.56 Å². The second kappa shape index (κ2) is 6.24. The number of nitrogens with zero attached hydrogens (tertiary/aromatic N) is 1. The molecule has 5 heteroatoms. The highest BCUT2D eigenvalue weighted by Crippen LogP contribution is 2.25. The lowest BCUT2D eigenvalue weighted by atomic mass is 10.1. The Hall–Kier alpha value is -2.01. The van der Waals surface area contributed by atoms with E-state index >= 15 is 0 Å². The van der Waals surface area contributed by atoms with Gasteiger partial charge in [0.25, 0.3) is 0 Å². The van der Waals surface area contributed by atoms with Crippen molar-refractivity contribution in [1.29, 1.82) is 0 Å². The SMILES string of the molecule is COc1ccc(CSc2ccncc2)cc1C(=O)O. The number of hydrogen-bond donors (Lipinski definition) is 1. The molecule has 0 aliphatic carbocycles. The number of benzene rings is 1. The predicted molar refractivity (Wildman–Crippen MR) is 73.8 cm³/mol. The zero-order chi connectivity index (χ0) is 13.7. The number of thioether (sulfide) groups is 1. The fourth-order valence-electron chi connectivity index (χ4n) is 1.61. The van der Waals surface area contributed by atoms with Crippen LogP contribution in [0.5, 0.6) is 5.75 Å². The van der Waals surface area contributed by atoms with Crippen molar-refractivity contribution in [3.8, 4) is 5.75 Å². The number of ether oxygens (including phenoxy) is 1. The maximum Gasteiger partial charge on any atom is 0.339 e. The van der Waals surface area contributed by atoms with Gasteiger partial charge in [0.2, 0.25) is 0 Å². The largest absolute Gasteiger partial charge is 0.496 e. The quantitative estimate of drug-likeness (QED) is 0.850. The first kappa shape index (κ1) is 13.4. The highest BCUT2D eigenvalue weighted by molar-refractivity contribution is 7.98. The molecule has 0 bridgehead atoms. The second-order valence-corrected chi connectivity index (χ2v) is 4.86. The summed E-state index contributed by atoms with van der Waals surface area (Å²) < 4.78 is 5.03. The molecule has 0 amide bonds. The molecule has 2 rings (SSSR count). The summed E-state index contributed by atoms with van der Waals surface area (Å²) in [6.07, 6.45) is 3.47. The van der Waals surface area contributed by atoms with Gasteiger partial charge in [-0.25, -0.2) is 4.79 Å². The van der Waals surface area contributed by atoms with Crippen LogP contribution in [0.1, 0.15) is 15.9 Å². The van der Waals surface area contributed by atoms with Crippen LogP contribution < -0.4 is 4.74 Å². The van der Waals surface area contributed by atoms with Gasteiger partial charge in [0.1, 0.15) is 11.3 Å². The van der Waals surface area contributed by atoms with Crippen LogP contribution in [0.3, 0.4) is 0 Å². The van der Waals surface area contributed by atoms with Gasteiger partial charge in [-0.3, -0.25) is 4.98 Å². The predicted octanol–water partition coefficient (Wildman–Crippen LogP) is 3.08. The number of hydrogen-bond acceptors (Lipinski definition) is 4. The van der Waals surface area contributed by atoms with Crippen molar-refractivity contribution in [2.45, 2.75) is 10.6 Å². The van der Waals surface area contributed by atoms with Gasteiger partial charge in [-0.1, -0.05) is 6.07 Å². The van der Waals surface area contributed by atoms with Crippen LogP contribution in [0.15, 0.2) is 47.6 Å². The minimum absolute atomic E-state index is 0.190. The van der Waals surface area contributed by atoms with Crippen LogP contribution in [0.2, 0.25) is 0 Å². The van der Waals surface area contributed by atoms with Crippen molar-refractivity contribution in [1.82, 2.24) is 4.98 Å². The van der Waals surface area contributed by atoms with Gasteiger partial charge in [0, 0.05) is 23.0 Å². The number of aromatic nitrogens is 1. The van der Waals surface area contributed by atoms with Crippen LogP contribution >= 0.6 is 11.8 Å². The zero-order valence-corrected chi connectivity index (χ0v) is 11.2. The Labute approximate surface area is 115 Å². The lowest BCUT2D eigenvalue weighted by Gasteiger charge is -2.07. The smallest absolute Gasteiger partial charge is 0.339 e. The molecule has 0 saturated heterocycles. The minimum atomic E-state index is -0.979. The molecule has 0 aliphatic rings. The van der Waals surface area contributed by atoms with Gasteiger partial charge in [-0.2, -0.15) is 0 Å². The van der Waals surface area contributed by atoms with E-state index in [0.717, 1.165) is 10.5 Å². The van der Waals surface area contributed by atoms with E-state index in [4.69, 9.17) is 9.84 Å². The summed E-state index contributed by atoms with van der Waals surface area (Å²) in [6.45, 7) is 0. The molecule has 0 fully saturated rings. The van der Waals surface area contributed by atoms with Crippen LogP contribution in [-0.2, 0) is 5.75 Å². The maximum atomic E-state index is 11.1. The van der Waals surface area contributed by atoms with Crippen molar-refractivity contribution in [2.24, 2.45) is 0 Å². The summed E-state index contributed by atoms with van der Waals surface area (Å²) in [5, 5.41) is 9.11. The number of rotatable bonds is 5. The Morgan fingerprint density at radius 1 is 1.32 bits per heavy atom. The molecule has 0 saturated carbocycles. The maximum absolute atomic E-state index is 11.1. The molecule has 1 aromatic carbocycles. The van der Waals surface area contributed by atoms with Gasteiger partial charge >= 0.3 is 5.97 Å². The number of carbonyl (C=O) groups is 1. The molecule has 1 heterocycles. The van der Waals surface area contributed by atoms with Crippen molar-refractivity contribution in [2.75, 3.05) is 7.11 Å². The van der Waals surface area contributed by atoms with Crippen LogP contribution in [0.4, 0.5) is 0 Å². The topological polar surface area (TPSA) is 59.4 Å². The minimum Gasteiger partial charge on any atom is -0.496 e. The Kier molecular flexibility index (Phi) is 4.41. The molecule has 0 spiro atoms. The molecular weight excluding hydrogens is 262 g/mol. The molecule has 1 aromatic heterocycles. The molecule has 0 atom stereocenters. The van der Waals surface area contributed by atoms with Crippen LogP contribution in [-0.4, -0.2) is 23.2 Å². The number of pyridine rings is 1. The van der Waals surface area contributed by atoms with Gasteiger partial charge in [0.15, 0.2) is 0 Å². The van der Waals surface area contributed by atoms with Crippen molar-refractivity contribution >= 4 is 17.7 Å². The Bertz CT molecular complexity index is 572. The lowest BCUT2D eigenvalue weighted by Crippen LogP contribution is -2.01. The number of carboxylic acid groups (broad SMARTS) is 1. The van der Waals surface area contributed by atoms with Crippen molar-refractivity contribution in [3.63, 3.8) is 0 Å². The first-order chi connectivity index (χ1) is 9.20. The summed E-state index contributed by atoms with van der Waals surface area (Å²) in [4.78, 5) is 16.2. The first-order valence-electron chi connectivity index (χ1n) is 5.63. The highest BCUT2D eigenvalue weighted by atomic mass is 32.2. The van der Waals surface area contributed by atoms with Crippen molar-refractivity contribution in [3.05, 3.63) is 53.9 Å². The molecular formula is C14H13NO3S. The fraction of sp³-hybridized carbons (Fsp3) is 0.143. The molecule has 98 valence electrons. The summed E-state index contributed by atoms with van der Waals surface area (Å²) in [5.74, 6) is 0.103. The van der Waals surface area contributed by atoms with Gasteiger partial charge in [0.05, 0.1) is 7.11 Å². The van der Waals surface area contributed by atoms with Crippen LogP contribution in [0, 0.1) is 0 Å². The van der Waals surface area contributed by atoms with Gasteiger partial charge in [-0.05, 0) is 29.8 Å². The fourth-order valence-corrected chi connectivity index (χ4v) is 2.44. The molecule has 0 unspecified atom stereocenters. The molecule has 2 aromatic rings. The van der Waals surface area contributed by atoms with E-state index < -0.39 is 5.97 Å². The Balaban J connectivity index is 2.13. The van der Waals surface area contributed by atoms with E-state index in [1.807, 2.05) is 18.2 Å². The monoisotopic (exact) mass is 275 g/mol. The second-order valence-electron chi connectivity index (χ2n) is 3.81. The lowest BCUT2D eigenvalue weighted by molar-refractivity contribution is 0.0693. The zero-order valence-electron chi connectivity index (χ0n) is 10.4. The average Bonchev–Trinajstić information content (AvgIpc) is 2.46. The third-order valence-electron chi connectivity index (χ3n) is 2.55. The Morgan fingerprint density at radius 3 is 2.68 bits per heavy atom.